The Balaban J connectivity index is 2.69. The minimum absolute atomic E-state index is 0.404. The van der Waals surface area contributed by atoms with E-state index >= 15 is 0 Å². The molecule has 2 nitrogen and oxygen atoms in total. The molecular weight excluding hydrogens is 222 g/mol. The Labute approximate surface area is 109 Å². The Morgan fingerprint density at radius 3 is 2.06 bits per heavy atom. The van der Waals surface area contributed by atoms with Gasteiger partial charge in [-0.25, -0.2) is 4.98 Å². The maximum Gasteiger partial charge on any atom is 0.156 e. The van der Waals surface area contributed by atoms with E-state index in [1.807, 2.05) is 0 Å². The standard InChI is InChI=1S/C16H23NO/c1-9(2)12-7-13(10(3)4)17-14-8-15(11(5)6)18-16(12)14/h7-11H,1-6H3. The van der Waals surface area contributed by atoms with Crippen molar-refractivity contribution in [2.24, 2.45) is 0 Å². The fraction of sp³-hybridized carbons (Fsp3) is 0.562. The summed E-state index contributed by atoms with van der Waals surface area (Å²) >= 11 is 0. The van der Waals surface area contributed by atoms with Gasteiger partial charge < -0.3 is 4.42 Å². The van der Waals surface area contributed by atoms with Crippen LogP contribution in [-0.2, 0) is 0 Å². The Bertz CT molecular complexity index is 549. The van der Waals surface area contributed by atoms with Gasteiger partial charge in [0, 0.05) is 23.2 Å². The Kier molecular flexibility index (Phi) is 3.47. The summed E-state index contributed by atoms with van der Waals surface area (Å²) in [6.07, 6.45) is 0. The van der Waals surface area contributed by atoms with Crippen LogP contribution in [0, 0.1) is 0 Å². The van der Waals surface area contributed by atoms with Gasteiger partial charge in [0.25, 0.3) is 0 Å². The molecule has 2 aromatic rings. The maximum atomic E-state index is 5.99. The molecule has 0 aliphatic heterocycles. The molecule has 2 heterocycles. The van der Waals surface area contributed by atoms with Crippen molar-refractivity contribution in [3.63, 3.8) is 0 Å². The fourth-order valence-electron chi connectivity index (χ4n) is 2.10. The molecule has 0 aliphatic carbocycles. The van der Waals surface area contributed by atoms with E-state index in [0.29, 0.717) is 17.8 Å². The first kappa shape index (κ1) is 13.1. The molecule has 0 bridgehead atoms. The molecule has 0 atom stereocenters. The normalized spacial score (nSPS) is 12.3. The van der Waals surface area contributed by atoms with Crippen LogP contribution in [0.25, 0.3) is 11.1 Å². The monoisotopic (exact) mass is 245 g/mol. The summed E-state index contributed by atoms with van der Waals surface area (Å²) in [6, 6.07) is 4.29. The molecule has 0 unspecified atom stereocenters. The lowest BCUT2D eigenvalue weighted by molar-refractivity contribution is 0.517. The molecule has 0 N–H and O–H groups in total. The van der Waals surface area contributed by atoms with Crippen molar-refractivity contribution < 1.29 is 4.42 Å². The molecule has 2 aromatic heterocycles. The lowest BCUT2D eigenvalue weighted by Gasteiger charge is -2.10. The molecule has 0 radical (unpaired) electrons. The van der Waals surface area contributed by atoms with Gasteiger partial charge in [-0.05, 0) is 17.9 Å². The number of nitrogens with zero attached hydrogens (tertiary/aromatic N) is 1. The lowest BCUT2D eigenvalue weighted by atomic mass is 9.99. The van der Waals surface area contributed by atoms with Crippen molar-refractivity contribution >= 4 is 11.1 Å². The first-order chi connectivity index (χ1) is 8.40. The van der Waals surface area contributed by atoms with Crippen LogP contribution >= 0.6 is 0 Å². The zero-order chi connectivity index (χ0) is 13.4. The van der Waals surface area contributed by atoms with Gasteiger partial charge in [0.1, 0.15) is 11.3 Å². The van der Waals surface area contributed by atoms with Crippen LogP contribution < -0.4 is 0 Å². The van der Waals surface area contributed by atoms with Gasteiger partial charge in [0.15, 0.2) is 5.58 Å². The highest BCUT2D eigenvalue weighted by Gasteiger charge is 2.16. The predicted molar refractivity (Wildman–Crippen MR) is 76.3 cm³/mol. The Hall–Kier alpha value is -1.31. The van der Waals surface area contributed by atoms with Crippen LogP contribution in [0.3, 0.4) is 0 Å². The predicted octanol–water partition coefficient (Wildman–Crippen LogP) is 5.20. The van der Waals surface area contributed by atoms with Crippen LogP contribution in [0.2, 0.25) is 0 Å². The second-order valence-electron chi connectivity index (χ2n) is 5.96. The zero-order valence-electron chi connectivity index (χ0n) is 12.2. The van der Waals surface area contributed by atoms with Crippen molar-refractivity contribution in [2.45, 2.75) is 59.3 Å². The third-order valence-electron chi connectivity index (χ3n) is 3.33. The molecule has 0 spiro atoms. The minimum atomic E-state index is 0.404. The number of pyridine rings is 1. The number of aromatic nitrogens is 1. The van der Waals surface area contributed by atoms with Crippen molar-refractivity contribution in [1.29, 1.82) is 0 Å². The van der Waals surface area contributed by atoms with E-state index in [-0.39, 0.29) is 0 Å². The van der Waals surface area contributed by atoms with E-state index in [9.17, 15) is 0 Å². The van der Waals surface area contributed by atoms with Gasteiger partial charge in [-0.2, -0.15) is 0 Å². The van der Waals surface area contributed by atoms with Crippen LogP contribution in [0.4, 0.5) is 0 Å². The summed E-state index contributed by atoms with van der Waals surface area (Å²) in [5.41, 5.74) is 4.41. The maximum absolute atomic E-state index is 5.99. The van der Waals surface area contributed by atoms with E-state index in [0.717, 1.165) is 22.6 Å². The van der Waals surface area contributed by atoms with Crippen LogP contribution in [-0.4, -0.2) is 4.98 Å². The van der Waals surface area contributed by atoms with Crippen molar-refractivity contribution in [1.82, 2.24) is 4.98 Å². The molecule has 0 saturated carbocycles. The molecule has 18 heavy (non-hydrogen) atoms. The molecule has 2 rings (SSSR count). The van der Waals surface area contributed by atoms with Crippen LogP contribution in [0.1, 0.15) is 76.3 Å². The van der Waals surface area contributed by atoms with Gasteiger partial charge in [-0.1, -0.05) is 41.5 Å². The second-order valence-corrected chi connectivity index (χ2v) is 5.96. The molecule has 0 aliphatic rings. The number of fused-ring (bicyclic) bond motifs is 1. The van der Waals surface area contributed by atoms with Crippen molar-refractivity contribution in [2.75, 3.05) is 0 Å². The van der Waals surface area contributed by atoms with E-state index in [4.69, 9.17) is 9.40 Å². The number of hydrogen-bond acceptors (Lipinski definition) is 2. The van der Waals surface area contributed by atoms with Crippen LogP contribution in [0.15, 0.2) is 16.5 Å². The average molecular weight is 245 g/mol. The molecule has 98 valence electrons. The summed E-state index contributed by atoms with van der Waals surface area (Å²) in [5, 5.41) is 0. The van der Waals surface area contributed by atoms with Gasteiger partial charge in [0.2, 0.25) is 0 Å². The lowest BCUT2D eigenvalue weighted by Crippen LogP contribution is -1.97. The SMILES string of the molecule is CC(C)c1cc(C(C)C)c2oc(C(C)C)cc2n1. The highest BCUT2D eigenvalue weighted by atomic mass is 16.3. The number of rotatable bonds is 3. The average Bonchev–Trinajstić information content (AvgIpc) is 2.70. The highest BCUT2D eigenvalue weighted by molar-refractivity contribution is 5.78. The van der Waals surface area contributed by atoms with E-state index < -0.39 is 0 Å². The smallest absolute Gasteiger partial charge is 0.156 e. The summed E-state index contributed by atoms with van der Waals surface area (Å²) in [5.74, 6) is 2.34. The largest absolute Gasteiger partial charge is 0.459 e. The van der Waals surface area contributed by atoms with Gasteiger partial charge in [0.05, 0.1) is 0 Å². The molecule has 0 amide bonds. The van der Waals surface area contributed by atoms with E-state index in [1.165, 1.54) is 5.56 Å². The third-order valence-corrected chi connectivity index (χ3v) is 3.33. The Morgan fingerprint density at radius 1 is 0.889 bits per heavy atom. The number of furan rings is 1. The van der Waals surface area contributed by atoms with Crippen molar-refractivity contribution in [3.8, 4) is 0 Å². The van der Waals surface area contributed by atoms with E-state index in [2.05, 4.69) is 53.7 Å². The quantitative estimate of drug-likeness (QED) is 0.743. The van der Waals surface area contributed by atoms with Crippen LogP contribution in [0.5, 0.6) is 0 Å². The topological polar surface area (TPSA) is 26.0 Å². The summed E-state index contributed by atoms with van der Waals surface area (Å²) in [7, 11) is 0. The second kappa shape index (κ2) is 4.75. The van der Waals surface area contributed by atoms with Gasteiger partial charge >= 0.3 is 0 Å². The van der Waals surface area contributed by atoms with Gasteiger partial charge in [-0.15, -0.1) is 0 Å². The fourth-order valence-corrected chi connectivity index (χ4v) is 2.10. The molecule has 2 heteroatoms. The Morgan fingerprint density at radius 2 is 1.56 bits per heavy atom. The van der Waals surface area contributed by atoms with Gasteiger partial charge in [-0.3, -0.25) is 0 Å². The number of hydrogen-bond donors (Lipinski definition) is 0. The molecule has 0 saturated heterocycles. The molecule has 0 fully saturated rings. The highest BCUT2D eigenvalue weighted by Crippen LogP contribution is 2.32. The zero-order valence-corrected chi connectivity index (χ0v) is 12.2. The first-order valence-electron chi connectivity index (χ1n) is 6.84. The third kappa shape index (κ3) is 2.29. The molecular formula is C16H23NO. The summed E-state index contributed by atoms with van der Waals surface area (Å²) in [6.45, 7) is 13.1. The first-order valence-corrected chi connectivity index (χ1v) is 6.84. The minimum Gasteiger partial charge on any atom is -0.459 e. The summed E-state index contributed by atoms with van der Waals surface area (Å²) in [4.78, 5) is 4.73. The summed E-state index contributed by atoms with van der Waals surface area (Å²) < 4.78 is 5.99. The van der Waals surface area contributed by atoms with Crippen molar-refractivity contribution in [3.05, 3.63) is 29.2 Å². The molecule has 0 aromatic carbocycles. The van der Waals surface area contributed by atoms with E-state index in [1.54, 1.807) is 0 Å².